The third-order valence-corrected chi connectivity index (χ3v) is 2.83. The maximum absolute atomic E-state index is 12.9. The molecule has 15 heavy (non-hydrogen) atoms. The lowest BCUT2D eigenvalue weighted by atomic mass is 10.2. The highest BCUT2D eigenvalue weighted by Gasteiger charge is 2.00. The number of hydrogen-bond acceptors (Lipinski definition) is 1. The van der Waals surface area contributed by atoms with Crippen molar-refractivity contribution < 1.29 is 4.39 Å². The van der Waals surface area contributed by atoms with Crippen molar-refractivity contribution >= 4 is 15.9 Å². The Morgan fingerprint density at radius 3 is 2.80 bits per heavy atom. The number of halogens is 2. The molecular weight excluding hydrogens is 257 g/mol. The van der Waals surface area contributed by atoms with E-state index in [1.54, 1.807) is 12.1 Å². The molecule has 0 spiro atoms. The molecule has 0 atom stereocenters. The lowest BCUT2D eigenvalue weighted by molar-refractivity contribution is 0.321. The number of unbranched alkanes of at least 4 members (excludes halogenated alkanes) is 1. The first-order valence-electron chi connectivity index (χ1n) is 5.21. The predicted octanol–water partition coefficient (Wildman–Crippen LogP) is 3.43. The van der Waals surface area contributed by atoms with E-state index in [1.165, 1.54) is 18.9 Å². The highest BCUT2D eigenvalue weighted by Crippen LogP contribution is 2.07. The molecule has 0 N–H and O–H groups in total. The summed E-state index contributed by atoms with van der Waals surface area (Å²) in [5, 5.41) is 1.06. The van der Waals surface area contributed by atoms with E-state index in [4.69, 9.17) is 0 Å². The van der Waals surface area contributed by atoms with Crippen molar-refractivity contribution in [2.45, 2.75) is 19.4 Å². The largest absolute Gasteiger partial charge is 0.302 e. The van der Waals surface area contributed by atoms with Gasteiger partial charge in [0.25, 0.3) is 0 Å². The minimum absolute atomic E-state index is 0.152. The van der Waals surface area contributed by atoms with Crippen LogP contribution in [0.4, 0.5) is 4.39 Å². The Morgan fingerprint density at radius 2 is 2.13 bits per heavy atom. The van der Waals surface area contributed by atoms with Crippen LogP contribution in [0.5, 0.6) is 0 Å². The van der Waals surface area contributed by atoms with E-state index >= 15 is 0 Å². The lowest BCUT2D eigenvalue weighted by Gasteiger charge is -2.16. The van der Waals surface area contributed by atoms with Gasteiger partial charge in [-0.2, -0.15) is 0 Å². The number of nitrogens with zero attached hydrogens (tertiary/aromatic N) is 1. The van der Waals surface area contributed by atoms with Crippen molar-refractivity contribution in [3.05, 3.63) is 35.6 Å². The van der Waals surface area contributed by atoms with Crippen LogP contribution in [0.15, 0.2) is 24.3 Å². The minimum atomic E-state index is -0.152. The van der Waals surface area contributed by atoms with Crippen molar-refractivity contribution in [1.29, 1.82) is 0 Å². The van der Waals surface area contributed by atoms with Gasteiger partial charge in [-0.1, -0.05) is 28.1 Å². The van der Waals surface area contributed by atoms with E-state index in [0.29, 0.717) is 0 Å². The SMILES string of the molecule is CN(CCCCBr)Cc1cccc(F)c1. The van der Waals surface area contributed by atoms with Crippen molar-refractivity contribution in [2.75, 3.05) is 18.9 Å². The van der Waals surface area contributed by atoms with Gasteiger partial charge in [-0.05, 0) is 44.1 Å². The van der Waals surface area contributed by atoms with Crippen LogP contribution < -0.4 is 0 Å². The highest BCUT2D eigenvalue weighted by atomic mass is 79.9. The molecular formula is C12H17BrFN. The Balaban J connectivity index is 2.34. The Hall–Kier alpha value is -0.410. The van der Waals surface area contributed by atoms with E-state index in [1.807, 2.05) is 6.07 Å². The number of rotatable bonds is 6. The first-order valence-corrected chi connectivity index (χ1v) is 6.33. The molecule has 0 radical (unpaired) electrons. The van der Waals surface area contributed by atoms with Crippen molar-refractivity contribution in [1.82, 2.24) is 4.90 Å². The summed E-state index contributed by atoms with van der Waals surface area (Å²) in [6.07, 6.45) is 2.37. The van der Waals surface area contributed by atoms with Crippen LogP contribution in [0.1, 0.15) is 18.4 Å². The number of hydrogen-bond donors (Lipinski definition) is 0. The maximum Gasteiger partial charge on any atom is 0.123 e. The summed E-state index contributed by atoms with van der Waals surface area (Å²) < 4.78 is 12.9. The highest BCUT2D eigenvalue weighted by molar-refractivity contribution is 9.09. The lowest BCUT2D eigenvalue weighted by Crippen LogP contribution is -2.19. The summed E-state index contributed by atoms with van der Waals surface area (Å²) in [5.41, 5.74) is 1.04. The molecule has 0 bridgehead atoms. The zero-order valence-electron chi connectivity index (χ0n) is 9.05. The molecule has 0 fully saturated rings. The fourth-order valence-corrected chi connectivity index (χ4v) is 1.90. The summed E-state index contributed by atoms with van der Waals surface area (Å²) in [6.45, 7) is 1.88. The molecule has 0 aliphatic heterocycles. The molecule has 0 unspecified atom stereocenters. The van der Waals surface area contributed by atoms with Crippen LogP contribution in [0, 0.1) is 5.82 Å². The standard InChI is InChI=1S/C12H17BrFN/c1-15(8-3-2-7-13)10-11-5-4-6-12(14)9-11/h4-6,9H,2-3,7-8,10H2,1H3. The van der Waals surface area contributed by atoms with Gasteiger partial charge in [0.05, 0.1) is 0 Å². The average molecular weight is 274 g/mol. The molecule has 3 heteroatoms. The fraction of sp³-hybridized carbons (Fsp3) is 0.500. The molecule has 0 saturated carbocycles. The second-order valence-corrected chi connectivity index (χ2v) is 4.56. The molecule has 0 amide bonds. The predicted molar refractivity (Wildman–Crippen MR) is 65.8 cm³/mol. The quantitative estimate of drug-likeness (QED) is 0.567. The molecule has 0 heterocycles. The van der Waals surface area contributed by atoms with E-state index in [2.05, 4.69) is 27.9 Å². The summed E-state index contributed by atoms with van der Waals surface area (Å²) in [7, 11) is 2.07. The van der Waals surface area contributed by atoms with Crippen LogP contribution in [0.25, 0.3) is 0 Å². The van der Waals surface area contributed by atoms with Gasteiger partial charge in [-0.3, -0.25) is 0 Å². The van der Waals surface area contributed by atoms with Crippen LogP contribution >= 0.6 is 15.9 Å². The minimum Gasteiger partial charge on any atom is -0.302 e. The average Bonchev–Trinajstić information content (AvgIpc) is 2.18. The van der Waals surface area contributed by atoms with E-state index < -0.39 is 0 Å². The van der Waals surface area contributed by atoms with Gasteiger partial charge >= 0.3 is 0 Å². The van der Waals surface area contributed by atoms with E-state index in [-0.39, 0.29) is 5.82 Å². The van der Waals surface area contributed by atoms with Gasteiger partial charge in [0.15, 0.2) is 0 Å². The van der Waals surface area contributed by atoms with Gasteiger partial charge in [0.2, 0.25) is 0 Å². The van der Waals surface area contributed by atoms with Gasteiger partial charge < -0.3 is 4.90 Å². The molecule has 0 aliphatic carbocycles. The Bertz CT molecular complexity index is 291. The third-order valence-electron chi connectivity index (χ3n) is 2.26. The normalized spacial score (nSPS) is 10.9. The number of benzene rings is 1. The summed E-state index contributed by atoms with van der Waals surface area (Å²) in [6, 6.07) is 6.80. The van der Waals surface area contributed by atoms with Crippen LogP contribution in [-0.4, -0.2) is 23.8 Å². The second-order valence-electron chi connectivity index (χ2n) is 3.76. The Morgan fingerprint density at radius 1 is 1.33 bits per heavy atom. The smallest absolute Gasteiger partial charge is 0.123 e. The molecule has 0 aliphatic rings. The molecule has 1 nitrogen and oxygen atoms in total. The van der Waals surface area contributed by atoms with E-state index in [9.17, 15) is 4.39 Å². The molecule has 1 aromatic rings. The van der Waals surface area contributed by atoms with E-state index in [0.717, 1.165) is 24.0 Å². The second kappa shape index (κ2) is 6.96. The Kier molecular flexibility index (Phi) is 5.88. The fourth-order valence-electron chi connectivity index (χ4n) is 1.50. The van der Waals surface area contributed by atoms with Crippen LogP contribution in [0.2, 0.25) is 0 Å². The first kappa shape index (κ1) is 12.7. The summed E-state index contributed by atoms with van der Waals surface area (Å²) in [4.78, 5) is 2.22. The molecule has 1 aromatic carbocycles. The first-order chi connectivity index (χ1) is 7.22. The van der Waals surface area contributed by atoms with Gasteiger partial charge in [0, 0.05) is 11.9 Å². The Labute approximate surface area is 99.4 Å². The maximum atomic E-state index is 12.9. The molecule has 84 valence electrons. The summed E-state index contributed by atoms with van der Waals surface area (Å²) in [5.74, 6) is -0.152. The number of alkyl halides is 1. The van der Waals surface area contributed by atoms with Crippen molar-refractivity contribution in [3.63, 3.8) is 0 Å². The zero-order valence-corrected chi connectivity index (χ0v) is 10.6. The molecule has 1 rings (SSSR count). The topological polar surface area (TPSA) is 3.24 Å². The van der Waals surface area contributed by atoms with Gasteiger partial charge in [-0.15, -0.1) is 0 Å². The zero-order chi connectivity index (χ0) is 11.1. The van der Waals surface area contributed by atoms with Gasteiger partial charge in [-0.25, -0.2) is 4.39 Å². The van der Waals surface area contributed by atoms with Crippen LogP contribution in [-0.2, 0) is 6.54 Å². The summed E-state index contributed by atoms with van der Waals surface area (Å²) >= 11 is 3.41. The molecule has 0 aromatic heterocycles. The van der Waals surface area contributed by atoms with Crippen molar-refractivity contribution in [3.8, 4) is 0 Å². The van der Waals surface area contributed by atoms with Crippen LogP contribution in [0.3, 0.4) is 0 Å². The monoisotopic (exact) mass is 273 g/mol. The van der Waals surface area contributed by atoms with Crippen molar-refractivity contribution in [2.24, 2.45) is 0 Å². The third kappa shape index (κ3) is 5.28. The van der Waals surface area contributed by atoms with Gasteiger partial charge in [0.1, 0.15) is 5.82 Å². The molecule has 0 saturated heterocycles.